The highest BCUT2D eigenvalue weighted by atomic mass is 32.2. The van der Waals surface area contributed by atoms with E-state index in [2.05, 4.69) is 16.7 Å². The van der Waals surface area contributed by atoms with Crippen molar-refractivity contribution in [2.45, 2.75) is 44.6 Å². The van der Waals surface area contributed by atoms with Crippen LogP contribution >= 0.6 is 11.8 Å². The highest BCUT2D eigenvalue weighted by molar-refractivity contribution is 7.99. The van der Waals surface area contributed by atoms with Crippen molar-refractivity contribution in [1.82, 2.24) is 4.90 Å². The molecule has 0 unspecified atom stereocenters. The fourth-order valence-corrected chi connectivity index (χ4v) is 3.91. The largest absolute Gasteiger partial charge is 0.392 e. The van der Waals surface area contributed by atoms with Crippen LogP contribution in [-0.2, 0) is 0 Å². The van der Waals surface area contributed by atoms with Crippen molar-refractivity contribution < 1.29 is 5.11 Å². The maximum absolute atomic E-state index is 10.1. The fraction of sp³-hybridized carbons (Fsp3) is 1.00. The molecule has 0 bridgehead atoms. The van der Waals surface area contributed by atoms with Crippen molar-refractivity contribution in [2.24, 2.45) is 5.92 Å². The van der Waals surface area contributed by atoms with Crippen molar-refractivity contribution in [3.05, 3.63) is 0 Å². The lowest BCUT2D eigenvalue weighted by Gasteiger charge is -2.24. The highest BCUT2D eigenvalue weighted by Gasteiger charge is 2.20. The lowest BCUT2D eigenvalue weighted by Crippen LogP contribution is -2.34. The minimum atomic E-state index is -0.0776. The van der Waals surface area contributed by atoms with Gasteiger partial charge in [0.1, 0.15) is 0 Å². The fourth-order valence-electron chi connectivity index (χ4n) is 2.98. The molecule has 2 nitrogen and oxygen atoms in total. The average Bonchev–Trinajstić information content (AvgIpc) is 2.62. The Morgan fingerprint density at radius 2 is 1.94 bits per heavy atom. The maximum Gasteiger partial charge on any atom is 0.0669 e. The van der Waals surface area contributed by atoms with Gasteiger partial charge in [-0.2, -0.15) is 11.8 Å². The Bertz CT molecular complexity index is 186. The quantitative estimate of drug-likeness (QED) is 0.820. The monoisotopic (exact) mass is 243 g/mol. The van der Waals surface area contributed by atoms with Gasteiger partial charge in [0.15, 0.2) is 0 Å². The molecule has 1 saturated carbocycles. The lowest BCUT2D eigenvalue weighted by atomic mass is 10.00. The molecule has 1 aliphatic carbocycles. The minimum absolute atomic E-state index is 0.0776. The van der Waals surface area contributed by atoms with E-state index < -0.39 is 0 Å². The summed E-state index contributed by atoms with van der Waals surface area (Å²) in [6, 6.07) is 0. The summed E-state index contributed by atoms with van der Waals surface area (Å²) in [6.07, 6.45) is 7.74. The van der Waals surface area contributed by atoms with Gasteiger partial charge in [0.2, 0.25) is 0 Å². The molecular formula is C13H25NOS. The molecule has 1 aliphatic heterocycles. The molecule has 0 radical (unpaired) electrons. The molecule has 94 valence electrons. The van der Waals surface area contributed by atoms with Gasteiger partial charge in [0.05, 0.1) is 6.10 Å². The molecule has 1 saturated heterocycles. The van der Waals surface area contributed by atoms with E-state index in [1.807, 2.05) is 0 Å². The summed E-state index contributed by atoms with van der Waals surface area (Å²) in [5.41, 5.74) is 0. The molecule has 0 amide bonds. The molecule has 1 N–H and O–H groups in total. The first kappa shape index (κ1) is 12.7. The van der Waals surface area contributed by atoms with Crippen LogP contribution in [0.2, 0.25) is 0 Å². The predicted octanol–water partition coefficient (Wildman–Crippen LogP) is 2.37. The zero-order valence-corrected chi connectivity index (χ0v) is 11.1. The summed E-state index contributed by atoms with van der Waals surface area (Å²) >= 11 is 2.06. The first-order chi connectivity index (χ1) is 7.84. The third kappa shape index (κ3) is 4.27. The number of nitrogens with zero attached hydrogens (tertiary/aromatic N) is 1. The Morgan fingerprint density at radius 3 is 2.75 bits per heavy atom. The standard InChI is InChI=1S/C13H25NOS/c15-13(10-12-4-1-2-5-12)11-14-6-3-8-16-9-7-14/h12-13,15H,1-11H2/t13-/m0/s1. The summed E-state index contributed by atoms with van der Waals surface area (Å²) in [6.45, 7) is 3.28. The van der Waals surface area contributed by atoms with Crippen molar-refractivity contribution in [1.29, 1.82) is 0 Å². The average molecular weight is 243 g/mol. The van der Waals surface area contributed by atoms with Crippen LogP contribution in [0.4, 0.5) is 0 Å². The van der Waals surface area contributed by atoms with E-state index in [0.29, 0.717) is 0 Å². The van der Waals surface area contributed by atoms with E-state index in [9.17, 15) is 5.11 Å². The van der Waals surface area contributed by atoms with E-state index in [0.717, 1.165) is 18.9 Å². The first-order valence-corrected chi connectivity index (χ1v) is 7.98. The molecule has 16 heavy (non-hydrogen) atoms. The third-order valence-electron chi connectivity index (χ3n) is 3.86. The molecule has 2 fully saturated rings. The summed E-state index contributed by atoms with van der Waals surface area (Å²) in [5, 5.41) is 10.1. The van der Waals surface area contributed by atoms with Crippen molar-refractivity contribution in [2.75, 3.05) is 31.1 Å². The SMILES string of the molecule is O[C@@H](CC1CCCC1)CN1CCCSCC1. The number of aliphatic hydroxyl groups excluding tert-OH is 1. The van der Waals surface area contributed by atoms with Crippen LogP contribution in [0, 0.1) is 5.92 Å². The number of aliphatic hydroxyl groups is 1. The van der Waals surface area contributed by atoms with Crippen LogP contribution in [-0.4, -0.2) is 47.3 Å². The van der Waals surface area contributed by atoms with Gasteiger partial charge in [-0.05, 0) is 31.1 Å². The highest BCUT2D eigenvalue weighted by Crippen LogP contribution is 2.28. The molecule has 1 atom stereocenters. The van der Waals surface area contributed by atoms with E-state index >= 15 is 0 Å². The number of β-amino-alcohol motifs (C(OH)–C–C–N with tert-alkyl or cyclic N) is 1. The Hall–Kier alpha value is 0.270. The molecule has 0 aromatic carbocycles. The normalized spacial score (nSPS) is 26.8. The second-order valence-electron chi connectivity index (χ2n) is 5.31. The smallest absolute Gasteiger partial charge is 0.0669 e. The molecule has 0 aromatic rings. The van der Waals surface area contributed by atoms with Crippen molar-refractivity contribution >= 4 is 11.8 Å². The minimum Gasteiger partial charge on any atom is -0.392 e. The summed E-state index contributed by atoms with van der Waals surface area (Å²) in [4.78, 5) is 2.46. The second kappa shape index (κ2) is 6.87. The van der Waals surface area contributed by atoms with E-state index in [1.54, 1.807) is 0 Å². The number of hydrogen-bond acceptors (Lipinski definition) is 3. The molecule has 0 aromatic heterocycles. The molecule has 3 heteroatoms. The van der Waals surface area contributed by atoms with Gasteiger partial charge in [-0.1, -0.05) is 25.7 Å². The summed E-state index contributed by atoms with van der Waals surface area (Å²) in [5.74, 6) is 3.36. The van der Waals surface area contributed by atoms with Gasteiger partial charge in [-0.25, -0.2) is 0 Å². The maximum atomic E-state index is 10.1. The molecule has 0 spiro atoms. The van der Waals surface area contributed by atoms with Gasteiger partial charge < -0.3 is 5.11 Å². The number of thioether (sulfide) groups is 1. The van der Waals surface area contributed by atoms with Crippen LogP contribution in [0.15, 0.2) is 0 Å². The number of rotatable bonds is 4. The molecular weight excluding hydrogens is 218 g/mol. The van der Waals surface area contributed by atoms with E-state index in [4.69, 9.17) is 0 Å². The van der Waals surface area contributed by atoms with Crippen LogP contribution in [0.5, 0.6) is 0 Å². The predicted molar refractivity (Wildman–Crippen MR) is 71.0 cm³/mol. The van der Waals surface area contributed by atoms with Crippen LogP contribution in [0.1, 0.15) is 38.5 Å². The second-order valence-corrected chi connectivity index (χ2v) is 6.53. The van der Waals surface area contributed by atoms with Gasteiger partial charge in [0.25, 0.3) is 0 Å². The van der Waals surface area contributed by atoms with Crippen molar-refractivity contribution in [3.63, 3.8) is 0 Å². The lowest BCUT2D eigenvalue weighted by molar-refractivity contribution is 0.0945. The number of hydrogen-bond donors (Lipinski definition) is 1. The van der Waals surface area contributed by atoms with Crippen LogP contribution in [0.3, 0.4) is 0 Å². The van der Waals surface area contributed by atoms with E-state index in [1.165, 1.54) is 56.7 Å². The van der Waals surface area contributed by atoms with Crippen LogP contribution < -0.4 is 0 Å². The van der Waals surface area contributed by atoms with Crippen molar-refractivity contribution in [3.8, 4) is 0 Å². The van der Waals surface area contributed by atoms with Gasteiger partial charge in [-0.3, -0.25) is 4.90 Å². The Kier molecular flexibility index (Phi) is 5.46. The molecule has 2 aliphatic rings. The van der Waals surface area contributed by atoms with Gasteiger partial charge in [0, 0.05) is 18.8 Å². The summed E-state index contributed by atoms with van der Waals surface area (Å²) in [7, 11) is 0. The van der Waals surface area contributed by atoms with Gasteiger partial charge in [-0.15, -0.1) is 0 Å². The summed E-state index contributed by atoms with van der Waals surface area (Å²) < 4.78 is 0. The van der Waals surface area contributed by atoms with Crippen LogP contribution in [0.25, 0.3) is 0 Å². The molecule has 2 rings (SSSR count). The Balaban J connectivity index is 1.66. The Labute approximate surface area is 104 Å². The molecule has 1 heterocycles. The zero-order valence-electron chi connectivity index (χ0n) is 10.2. The van der Waals surface area contributed by atoms with E-state index in [-0.39, 0.29) is 6.10 Å². The zero-order chi connectivity index (χ0) is 11.2. The third-order valence-corrected chi connectivity index (χ3v) is 4.91. The first-order valence-electron chi connectivity index (χ1n) is 6.83. The van der Waals surface area contributed by atoms with Gasteiger partial charge >= 0.3 is 0 Å². The topological polar surface area (TPSA) is 23.5 Å². The Morgan fingerprint density at radius 1 is 1.12 bits per heavy atom.